The summed E-state index contributed by atoms with van der Waals surface area (Å²) in [5, 5.41) is 9.59. The van der Waals surface area contributed by atoms with Crippen LogP contribution in [0.4, 0.5) is 0 Å². The van der Waals surface area contributed by atoms with Crippen molar-refractivity contribution in [1.82, 2.24) is 14.5 Å². The zero-order chi connectivity index (χ0) is 14.8. The summed E-state index contributed by atoms with van der Waals surface area (Å²) in [5.41, 5.74) is 1.13. The predicted molar refractivity (Wildman–Crippen MR) is 79.8 cm³/mol. The summed E-state index contributed by atoms with van der Waals surface area (Å²) in [7, 11) is 0. The number of rotatable bonds is 4. The van der Waals surface area contributed by atoms with Crippen LogP contribution in [0.3, 0.4) is 0 Å². The van der Waals surface area contributed by atoms with Gasteiger partial charge in [0.1, 0.15) is 6.04 Å². The molecule has 1 aliphatic carbocycles. The van der Waals surface area contributed by atoms with Crippen LogP contribution in [0.2, 0.25) is 0 Å². The molecule has 1 N–H and O–H groups in total. The molecule has 0 amide bonds. The topological polar surface area (TPSA) is 58.4 Å². The van der Waals surface area contributed by atoms with E-state index in [1.54, 1.807) is 0 Å². The van der Waals surface area contributed by atoms with Crippen molar-refractivity contribution in [3.8, 4) is 0 Å². The Morgan fingerprint density at radius 2 is 2.14 bits per heavy atom. The fourth-order valence-corrected chi connectivity index (χ4v) is 4.17. The Kier molecular flexibility index (Phi) is 4.29. The van der Waals surface area contributed by atoms with E-state index in [-0.39, 0.29) is 6.04 Å². The number of likely N-dealkylation sites (tertiary alicyclic amines) is 1. The highest BCUT2D eigenvalue weighted by molar-refractivity contribution is 5.73. The van der Waals surface area contributed by atoms with Gasteiger partial charge >= 0.3 is 5.97 Å². The van der Waals surface area contributed by atoms with E-state index in [0.717, 1.165) is 31.5 Å². The SMILES string of the molecule is CCn1cncc1CN1C(C(=O)O)CCC2CCCCC21. The largest absolute Gasteiger partial charge is 0.480 e. The molecule has 5 nitrogen and oxygen atoms in total. The summed E-state index contributed by atoms with van der Waals surface area (Å²) < 4.78 is 2.12. The van der Waals surface area contributed by atoms with Crippen molar-refractivity contribution in [3.63, 3.8) is 0 Å². The van der Waals surface area contributed by atoms with E-state index in [9.17, 15) is 9.90 Å². The van der Waals surface area contributed by atoms with Gasteiger partial charge in [-0.15, -0.1) is 0 Å². The van der Waals surface area contributed by atoms with E-state index in [1.807, 2.05) is 12.5 Å². The molecule has 0 radical (unpaired) electrons. The number of hydrogen-bond acceptors (Lipinski definition) is 3. The van der Waals surface area contributed by atoms with Crippen LogP contribution < -0.4 is 0 Å². The zero-order valence-corrected chi connectivity index (χ0v) is 12.7. The molecule has 0 aromatic carbocycles. The molecule has 1 aliphatic heterocycles. The first-order chi connectivity index (χ1) is 10.2. The molecule has 1 aromatic rings. The normalized spacial score (nSPS) is 30.0. The number of carboxylic acids is 1. The van der Waals surface area contributed by atoms with E-state index in [4.69, 9.17) is 0 Å². The van der Waals surface area contributed by atoms with Gasteiger partial charge in [-0.05, 0) is 38.5 Å². The van der Waals surface area contributed by atoms with Crippen molar-refractivity contribution >= 4 is 5.97 Å². The summed E-state index contributed by atoms with van der Waals surface area (Å²) >= 11 is 0. The number of aryl methyl sites for hydroxylation is 1. The number of piperidine rings is 1. The molecule has 0 bridgehead atoms. The van der Waals surface area contributed by atoms with Crippen LogP contribution in [-0.4, -0.2) is 37.6 Å². The molecule has 1 saturated carbocycles. The number of carbonyl (C=O) groups is 1. The maximum atomic E-state index is 11.7. The average Bonchev–Trinajstić information content (AvgIpc) is 2.94. The molecule has 1 aromatic heterocycles. The van der Waals surface area contributed by atoms with E-state index >= 15 is 0 Å². The second-order valence-corrected chi connectivity index (χ2v) is 6.39. The maximum absolute atomic E-state index is 11.7. The van der Waals surface area contributed by atoms with Crippen LogP contribution in [0.5, 0.6) is 0 Å². The molecular formula is C16H25N3O2. The first kappa shape index (κ1) is 14.6. The van der Waals surface area contributed by atoms with E-state index < -0.39 is 5.97 Å². The fraction of sp³-hybridized carbons (Fsp3) is 0.750. The molecule has 2 heterocycles. The smallest absolute Gasteiger partial charge is 0.320 e. The van der Waals surface area contributed by atoms with Crippen molar-refractivity contribution in [2.75, 3.05) is 0 Å². The highest BCUT2D eigenvalue weighted by Gasteiger charge is 2.41. The lowest BCUT2D eigenvalue weighted by Crippen LogP contribution is -2.54. The maximum Gasteiger partial charge on any atom is 0.320 e. The van der Waals surface area contributed by atoms with Gasteiger partial charge in [0, 0.05) is 25.3 Å². The third-order valence-corrected chi connectivity index (χ3v) is 5.28. The molecule has 116 valence electrons. The van der Waals surface area contributed by atoms with Crippen LogP contribution in [0.15, 0.2) is 12.5 Å². The van der Waals surface area contributed by atoms with Gasteiger partial charge in [0.2, 0.25) is 0 Å². The van der Waals surface area contributed by atoms with Gasteiger partial charge in [-0.1, -0.05) is 12.8 Å². The van der Waals surface area contributed by atoms with Crippen LogP contribution in [0, 0.1) is 5.92 Å². The Hall–Kier alpha value is -1.36. The number of aliphatic carboxylic acids is 1. The van der Waals surface area contributed by atoms with E-state index in [1.165, 1.54) is 19.3 Å². The number of aromatic nitrogens is 2. The van der Waals surface area contributed by atoms with Gasteiger partial charge in [0.05, 0.1) is 12.0 Å². The lowest BCUT2D eigenvalue weighted by Gasteiger charge is -2.47. The summed E-state index contributed by atoms with van der Waals surface area (Å²) in [6.45, 7) is 3.69. The average molecular weight is 291 g/mol. The number of imidazole rings is 1. The van der Waals surface area contributed by atoms with Crippen molar-refractivity contribution in [1.29, 1.82) is 0 Å². The van der Waals surface area contributed by atoms with Crippen molar-refractivity contribution in [2.24, 2.45) is 5.92 Å². The summed E-state index contributed by atoms with van der Waals surface area (Å²) in [4.78, 5) is 18.1. The molecule has 3 unspecified atom stereocenters. The predicted octanol–water partition coefficient (Wildman–Crippen LogP) is 2.51. The first-order valence-corrected chi connectivity index (χ1v) is 8.18. The fourth-order valence-electron chi connectivity index (χ4n) is 4.17. The number of fused-ring (bicyclic) bond motifs is 1. The molecular weight excluding hydrogens is 266 g/mol. The molecule has 3 atom stereocenters. The second kappa shape index (κ2) is 6.18. The van der Waals surface area contributed by atoms with Gasteiger partial charge in [-0.25, -0.2) is 4.98 Å². The highest BCUT2D eigenvalue weighted by atomic mass is 16.4. The number of carboxylic acid groups (broad SMARTS) is 1. The van der Waals surface area contributed by atoms with Crippen molar-refractivity contribution in [2.45, 2.75) is 70.6 Å². The van der Waals surface area contributed by atoms with E-state index in [2.05, 4.69) is 21.4 Å². The monoisotopic (exact) mass is 291 g/mol. The van der Waals surface area contributed by atoms with Crippen LogP contribution >= 0.6 is 0 Å². The van der Waals surface area contributed by atoms with Gasteiger partial charge in [0.25, 0.3) is 0 Å². The Bertz CT molecular complexity index is 499. The van der Waals surface area contributed by atoms with E-state index in [0.29, 0.717) is 18.5 Å². The van der Waals surface area contributed by atoms with Crippen molar-refractivity contribution in [3.05, 3.63) is 18.2 Å². The first-order valence-electron chi connectivity index (χ1n) is 8.18. The summed E-state index contributed by atoms with van der Waals surface area (Å²) in [6.07, 6.45) is 10.5. The molecule has 2 aliphatic rings. The molecule has 1 saturated heterocycles. The summed E-state index contributed by atoms with van der Waals surface area (Å²) in [6, 6.07) is 0.110. The molecule has 21 heavy (non-hydrogen) atoms. The number of hydrogen-bond donors (Lipinski definition) is 1. The molecule has 0 spiro atoms. The Labute approximate surface area is 126 Å². The van der Waals surface area contributed by atoms with Gasteiger partial charge in [0.15, 0.2) is 0 Å². The minimum Gasteiger partial charge on any atom is -0.480 e. The van der Waals surface area contributed by atoms with Crippen molar-refractivity contribution < 1.29 is 9.90 Å². The standard InChI is InChI=1S/C16H25N3O2/c1-2-18-11-17-9-13(18)10-19-14-6-4-3-5-12(14)7-8-15(19)16(20)21/h9,11-12,14-15H,2-8,10H2,1H3,(H,20,21). The van der Waals surface area contributed by atoms with Crippen LogP contribution in [0.1, 0.15) is 51.1 Å². The Morgan fingerprint density at radius 1 is 1.33 bits per heavy atom. The second-order valence-electron chi connectivity index (χ2n) is 6.39. The highest BCUT2D eigenvalue weighted by Crippen LogP contribution is 2.38. The lowest BCUT2D eigenvalue weighted by atomic mass is 9.76. The lowest BCUT2D eigenvalue weighted by molar-refractivity contribution is -0.148. The van der Waals surface area contributed by atoms with Crippen LogP contribution in [-0.2, 0) is 17.9 Å². The van der Waals surface area contributed by atoms with Gasteiger partial charge in [-0.2, -0.15) is 0 Å². The molecule has 2 fully saturated rings. The quantitative estimate of drug-likeness (QED) is 0.926. The van der Waals surface area contributed by atoms with Gasteiger partial charge < -0.3 is 9.67 Å². The minimum absolute atomic E-state index is 0.329. The third-order valence-electron chi connectivity index (χ3n) is 5.28. The minimum atomic E-state index is -0.665. The number of nitrogens with zero attached hydrogens (tertiary/aromatic N) is 3. The van der Waals surface area contributed by atoms with Crippen LogP contribution in [0.25, 0.3) is 0 Å². The Morgan fingerprint density at radius 3 is 2.90 bits per heavy atom. The van der Waals surface area contributed by atoms with Gasteiger partial charge in [-0.3, -0.25) is 9.69 Å². The third kappa shape index (κ3) is 2.84. The summed E-state index contributed by atoms with van der Waals surface area (Å²) in [5.74, 6) is 0.0222. The molecule has 3 rings (SSSR count). The Balaban J connectivity index is 1.83. The zero-order valence-electron chi connectivity index (χ0n) is 12.7. The molecule has 5 heteroatoms.